The van der Waals surface area contributed by atoms with Crippen LogP contribution in [0.2, 0.25) is 0 Å². The summed E-state index contributed by atoms with van der Waals surface area (Å²) in [7, 11) is 0. The average Bonchev–Trinajstić information content (AvgIpc) is 2.43. The molecule has 108 valence electrons. The standard InChI is InChI=1S/C16H15NO3S/c1-10-4-6-14(8-11(10)2)21-16-7-5-13(17(19)20)9-15(16)12(3)18/h4-9H,1-3H3. The predicted octanol–water partition coefficient (Wildman–Crippen LogP) is 4.57. The number of nitro benzene ring substituents is 1. The lowest BCUT2D eigenvalue weighted by Gasteiger charge is -2.08. The number of Topliss-reactive ketones (excluding diaryl/α,β-unsaturated/α-hetero) is 1. The number of benzene rings is 2. The first-order valence-corrected chi connectivity index (χ1v) is 7.24. The Morgan fingerprint density at radius 1 is 1.10 bits per heavy atom. The van der Waals surface area contributed by atoms with Crippen molar-refractivity contribution in [1.29, 1.82) is 0 Å². The molecule has 0 spiro atoms. The fourth-order valence-corrected chi connectivity index (χ4v) is 2.97. The summed E-state index contributed by atoms with van der Waals surface area (Å²) in [5.74, 6) is -0.176. The molecule has 2 aromatic carbocycles. The Balaban J connectivity index is 2.41. The third-order valence-corrected chi connectivity index (χ3v) is 4.32. The van der Waals surface area contributed by atoms with Crippen molar-refractivity contribution in [1.82, 2.24) is 0 Å². The zero-order valence-corrected chi connectivity index (χ0v) is 12.9. The van der Waals surface area contributed by atoms with Gasteiger partial charge in [-0.3, -0.25) is 14.9 Å². The number of nitrogens with zero attached hydrogens (tertiary/aromatic N) is 1. The molecule has 0 bridgehead atoms. The maximum Gasteiger partial charge on any atom is 0.270 e. The van der Waals surface area contributed by atoms with Gasteiger partial charge in [0.2, 0.25) is 0 Å². The number of hydrogen-bond donors (Lipinski definition) is 0. The minimum Gasteiger partial charge on any atom is -0.294 e. The predicted molar refractivity (Wildman–Crippen MR) is 83.1 cm³/mol. The van der Waals surface area contributed by atoms with Crippen LogP contribution in [0.5, 0.6) is 0 Å². The van der Waals surface area contributed by atoms with Crippen LogP contribution in [-0.4, -0.2) is 10.7 Å². The molecule has 0 fully saturated rings. The van der Waals surface area contributed by atoms with Crippen LogP contribution in [0.25, 0.3) is 0 Å². The van der Waals surface area contributed by atoms with Crippen LogP contribution >= 0.6 is 11.8 Å². The van der Waals surface area contributed by atoms with Crippen LogP contribution < -0.4 is 0 Å². The van der Waals surface area contributed by atoms with Crippen molar-refractivity contribution >= 4 is 23.2 Å². The molecular formula is C16H15NO3S. The van der Waals surface area contributed by atoms with E-state index in [1.165, 1.54) is 41.9 Å². The van der Waals surface area contributed by atoms with E-state index in [0.717, 1.165) is 9.79 Å². The van der Waals surface area contributed by atoms with E-state index in [-0.39, 0.29) is 11.5 Å². The van der Waals surface area contributed by atoms with E-state index in [1.807, 2.05) is 32.0 Å². The zero-order valence-electron chi connectivity index (χ0n) is 12.0. The molecule has 0 saturated heterocycles. The van der Waals surface area contributed by atoms with Gasteiger partial charge < -0.3 is 0 Å². The summed E-state index contributed by atoms with van der Waals surface area (Å²) < 4.78 is 0. The largest absolute Gasteiger partial charge is 0.294 e. The SMILES string of the molecule is CC(=O)c1cc([N+](=O)[O-])ccc1Sc1ccc(C)c(C)c1. The topological polar surface area (TPSA) is 60.2 Å². The molecule has 0 radical (unpaired) electrons. The van der Waals surface area contributed by atoms with Gasteiger partial charge in [0.1, 0.15) is 0 Å². The van der Waals surface area contributed by atoms with E-state index in [0.29, 0.717) is 5.56 Å². The van der Waals surface area contributed by atoms with Gasteiger partial charge in [0.15, 0.2) is 5.78 Å². The van der Waals surface area contributed by atoms with Gasteiger partial charge in [-0.25, -0.2) is 0 Å². The molecule has 4 nitrogen and oxygen atoms in total. The summed E-state index contributed by atoms with van der Waals surface area (Å²) in [6.07, 6.45) is 0. The third kappa shape index (κ3) is 3.49. The lowest BCUT2D eigenvalue weighted by atomic mass is 10.1. The summed E-state index contributed by atoms with van der Waals surface area (Å²) in [6, 6.07) is 10.5. The van der Waals surface area contributed by atoms with Gasteiger partial charge in [0.25, 0.3) is 5.69 Å². The normalized spacial score (nSPS) is 10.4. The lowest BCUT2D eigenvalue weighted by molar-refractivity contribution is -0.384. The monoisotopic (exact) mass is 301 g/mol. The quantitative estimate of drug-likeness (QED) is 0.471. The highest BCUT2D eigenvalue weighted by molar-refractivity contribution is 7.99. The van der Waals surface area contributed by atoms with Crippen LogP contribution in [0.3, 0.4) is 0 Å². The molecule has 0 atom stereocenters. The fraction of sp³-hybridized carbons (Fsp3) is 0.188. The van der Waals surface area contributed by atoms with E-state index in [2.05, 4.69) is 0 Å². The van der Waals surface area contributed by atoms with Crippen molar-refractivity contribution in [2.45, 2.75) is 30.6 Å². The van der Waals surface area contributed by atoms with Gasteiger partial charge in [-0.15, -0.1) is 0 Å². The Kier molecular flexibility index (Phi) is 4.43. The molecule has 0 aliphatic carbocycles. The molecule has 21 heavy (non-hydrogen) atoms. The molecule has 0 N–H and O–H groups in total. The van der Waals surface area contributed by atoms with Gasteiger partial charge >= 0.3 is 0 Å². The molecule has 5 heteroatoms. The van der Waals surface area contributed by atoms with Crippen molar-refractivity contribution < 1.29 is 9.72 Å². The van der Waals surface area contributed by atoms with Crippen molar-refractivity contribution in [3.8, 4) is 0 Å². The first-order valence-electron chi connectivity index (χ1n) is 6.43. The number of carbonyl (C=O) groups excluding carboxylic acids is 1. The summed E-state index contributed by atoms with van der Waals surface area (Å²) in [6.45, 7) is 5.49. The highest BCUT2D eigenvalue weighted by Crippen LogP contribution is 2.33. The number of nitro groups is 1. The molecule has 2 rings (SSSR count). The van der Waals surface area contributed by atoms with Gasteiger partial charge in [-0.05, 0) is 50.1 Å². The highest BCUT2D eigenvalue weighted by Gasteiger charge is 2.15. The number of rotatable bonds is 4. The molecular weight excluding hydrogens is 286 g/mol. The second kappa shape index (κ2) is 6.10. The second-order valence-electron chi connectivity index (χ2n) is 4.84. The number of carbonyl (C=O) groups is 1. The molecule has 2 aromatic rings. The van der Waals surface area contributed by atoms with E-state index in [9.17, 15) is 14.9 Å². The van der Waals surface area contributed by atoms with Crippen LogP contribution in [0, 0.1) is 24.0 Å². The Bertz CT molecular complexity index is 725. The lowest BCUT2D eigenvalue weighted by Crippen LogP contribution is -1.98. The van der Waals surface area contributed by atoms with Crippen molar-refractivity contribution in [3.05, 3.63) is 63.2 Å². The number of hydrogen-bond acceptors (Lipinski definition) is 4. The summed E-state index contributed by atoms with van der Waals surface area (Å²) in [5, 5.41) is 10.8. The highest BCUT2D eigenvalue weighted by atomic mass is 32.2. The van der Waals surface area contributed by atoms with Gasteiger partial charge in [-0.1, -0.05) is 17.8 Å². The van der Waals surface area contributed by atoms with E-state index < -0.39 is 4.92 Å². The van der Waals surface area contributed by atoms with Crippen molar-refractivity contribution in [3.63, 3.8) is 0 Å². The molecule has 0 aliphatic heterocycles. The van der Waals surface area contributed by atoms with Gasteiger partial charge in [-0.2, -0.15) is 0 Å². The van der Waals surface area contributed by atoms with Crippen molar-refractivity contribution in [2.75, 3.05) is 0 Å². The summed E-state index contributed by atoms with van der Waals surface area (Å²) in [5.41, 5.74) is 2.69. The first-order chi connectivity index (χ1) is 9.88. The van der Waals surface area contributed by atoms with Crippen LogP contribution in [-0.2, 0) is 0 Å². The summed E-state index contributed by atoms with van der Waals surface area (Å²) >= 11 is 1.44. The Morgan fingerprint density at radius 3 is 2.38 bits per heavy atom. The molecule has 0 aromatic heterocycles. The summed E-state index contributed by atoms with van der Waals surface area (Å²) in [4.78, 5) is 23.8. The Hall–Kier alpha value is -2.14. The van der Waals surface area contributed by atoms with Crippen LogP contribution in [0.1, 0.15) is 28.4 Å². The van der Waals surface area contributed by atoms with Crippen LogP contribution in [0.15, 0.2) is 46.2 Å². The molecule has 0 heterocycles. The third-order valence-electron chi connectivity index (χ3n) is 3.26. The molecule has 0 saturated carbocycles. The van der Waals surface area contributed by atoms with Crippen molar-refractivity contribution in [2.24, 2.45) is 0 Å². The average molecular weight is 301 g/mol. The van der Waals surface area contributed by atoms with Gasteiger partial charge in [0.05, 0.1) is 4.92 Å². The maximum atomic E-state index is 11.7. The van der Waals surface area contributed by atoms with Gasteiger partial charge in [0, 0.05) is 27.5 Å². The molecule has 0 amide bonds. The minimum atomic E-state index is -0.489. The molecule has 0 aliphatic rings. The smallest absolute Gasteiger partial charge is 0.270 e. The van der Waals surface area contributed by atoms with E-state index >= 15 is 0 Å². The minimum absolute atomic E-state index is 0.0652. The number of aryl methyl sites for hydroxylation is 2. The molecule has 0 unspecified atom stereocenters. The second-order valence-corrected chi connectivity index (χ2v) is 5.96. The fourth-order valence-electron chi connectivity index (χ4n) is 1.90. The Labute approximate surface area is 127 Å². The van der Waals surface area contributed by atoms with E-state index in [1.54, 1.807) is 6.07 Å². The number of non-ortho nitro benzene ring substituents is 1. The Morgan fingerprint density at radius 2 is 1.81 bits per heavy atom. The van der Waals surface area contributed by atoms with Crippen LogP contribution in [0.4, 0.5) is 5.69 Å². The van der Waals surface area contributed by atoms with E-state index in [4.69, 9.17) is 0 Å². The number of ketones is 1. The maximum absolute atomic E-state index is 11.7. The zero-order chi connectivity index (χ0) is 15.6. The first kappa shape index (κ1) is 15.3.